The number of primary amides is 1. The monoisotopic (exact) mass is 288 g/mol. The number of hydrogen-bond donors (Lipinski definition) is 3. The summed E-state index contributed by atoms with van der Waals surface area (Å²) in [5.74, 6) is -0.251. The fraction of sp³-hybridized carbons (Fsp3) is 0.467. The number of H-pyrrole nitrogens is 1. The average Bonchev–Trinajstić information content (AvgIpc) is 2.90. The Hall–Kier alpha value is -1.92. The molecule has 6 nitrogen and oxygen atoms in total. The second-order valence-corrected chi connectivity index (χ2v) is 5.66. The summed E-state index contributed by atoms with van der Waals surface area (Å²) in [7, 11) is 0. The van der Waals surface area contributed by atoms with E-state index >= 15 is 0 Å². The lowest BCUT2D eigenvalue weighted by Gasteiger charge is -2.22. The zero-order chi connectivity index (χ0) is 15.0. The fourth-order valence-corrected chi connectivity index (χ4v) is 2.87. The highest BCUT2D eigenvalue weighted by Gasteiger charge is 2.22. The predicted molar refractivity (Wildman–Crippen MR) is 80.3 cm³/mol. The number of morpholine rings is 1. The molecule has 0 saturated carbocycles. The van der Waals surface area contributed by atoms with Gasteiger partial charge >= 0.3 is 0 Å². The normalized spacial score (nSPS) is 19.3. The van der Waals surface area contributed by atoms with Crippen LogP contribution in [0.1, 0.15) is 47.5 Å². The first-order chi connectivity index (χ1) is 10.1. The number of nitrogens with one attached hydrogen (secondary N) is 2. The number of aromatic nitrogens is 2. The molecule has 1 saturated heterocycles. The number of nitrogens with zero attached hydrogens (tertiary/aromatic N) is 1. The summed E-state index contributed by atoms with van der Waals surface area (Å²) >= 11 is 0. The molecule has 2 aromatic heterocycles. The summed E-state index contributed by atoms with van der Waals surface area (Å²) in [4.78, 5) is 19.2. The number of ether oxygens (including phenoxy) is 1. The van der Waals surface area contributed by atoms with E-state index in [4.69, 9.17) is 10.5 Å². The Balaban J connectivity index is 2.11. The molecule has 0 aliphatic carbocycles. The van der Waals surface area contributed by atoms with Crippen molar-refractivity contribution in [1.29, 1.82) is 0 Å². The van der Waals surface area contributed by atoms with Gasteiger partial charge in [-0.3, -0.25) is 4.79 Å². The van der Waals surface area contributed by atoms with E-state index in [1.807, 2.05) is 19.9 Å². The lowest BCUT2D eigenvalue weighted by molar-refractivity contribution is 0.0254. The molecule has 0 bridgehead atoms. The Morgan fingerprint density at radius 2 is 2.33 bits per heavy atom. The van der Waals surface area contributed by atoms with Crippen LogP contribution in [0.4, 0.5) is 0 Å². The Kier molecular flexibility index (Phi) is 3.65. The molecule has 0 aromatic carbocycles. The van der Waals surface area contributed by atoms with Gasteiger partial charge in [0.1, 0.15) is 11.8 Å². The molecule has 1 aliphatic heterocycles. The van der Waals surface area contributed by atoms with Crippen molar-refractivity contribution in [2.24, 2.45) is 5.73 Å². The van der Waals surface area contributed by atoms with Gasteiger partial charge in [-0.15, -0.1) is 0 Å². The maximum Gasteiger partial charge on any atom is 0.250 e. The van der Waals surface area contributed by atoms with Crippen LogP contribution in [-0.4, -0.2) is 35.6 Å². The van der Waals surface area contributed by atoms with Gasteiger partial charge in [-0.2, -0.15) is 0 Å². The quantitative estimate of drug-likeness (QED) is 0.797. The van der Waals surface area contributed by atoms with Gasteiger partial charge in [0.2, 0.25) is 0 Å². The van der Waals surface area contributed by atoms with Crippen molar-refractivity contribution in [2.75, 3.05) is 19.7 Å². The molecule has 2 aromatic rings. The maximum absolute atomic E-state index is 11.6. The molecule has 1 aliphatic rings. The average molecular weight is 288 g/mol. The molecule has 0 unspecified atom stereocenters. The highest BCUT2D eigenvalue weighted by atomic mass is 16.5. The summed E-state index contributed by atoms with van der Waals surface area (Å²) in [6.07, 6.45) is 1.55. The third-order valence-corrected chi connectivity index (χ3v) is 3.84. The van der Waals surface area contributed by atoms with Crippen LogP contribution in [0.25, 0.3) is 11.0 Å². The van der Waals surface area contributed by atoms with E-state index in [9.17, 15) is 4.79 Å². The number of nitrogens with two attached hydrogens (primary N) is 1. The van der Waals surface area contributed by atoms with Gasteiger partial charge in [0.05, 0.1) is 12.2 Å². The third-order valence-electron chi connectivity index (χ3n) is 3.84. The van der Waals surface area contributed by atoms with Crippen LogP contribution in [0, 0.1) is 0 Å². The first kappa shape index (κ1) is 14.0. The Labute approximate surface area is 123 Å². The zero-order valence-corrected chi connectivity index (χ0v) is 12.3. The summed E-state index contributed by atoms with van der Waals surface area (Å²) in [6.45, 7) is 6.43. The molecule has 1 fully saturated rings. The summed E-state index contributed by atoms with van der Waals surface area (Å²) < 4.78 is 5.76. The standard InChI is InChI=1S/C15H20N4O2/c1-8(2)13-9-5-11(12-7-17-3-4-21-12)19-15(9)18-6-10(13)14(16)20/h5-6,8,12,17H,3-4,7H2,1-2H3,(H2,16,20)(H,18,19)/t12-/m1/s1. The van der Waals surface area contributed by atoms with Gasteiger partial charge in [-0.25, -0.2) is 4.98 Å². The first-order valence-corrected chi connectivity index (χ1v) is 7.21. The van der Waals surface area contributed by atoms with Crippen LogP contribution in [0.15, 0.2) is 12.3 Å². The lowest BCUT2D eigenvalue weighted by atomic mass is 9.95. The summed E-state index contributed by atoms with van der Waals surface area (Å²) in [5, 5.41) is 4.25. The molecule has 1 amide bonds. The van der Waals surface area contributed by atoms with E-state index in [1.165, 1.54) is 0 Å². The van der Waals surface area contributed by atoms with Crippen LogP contribution in [0.3, 0.4) is 0 Å². The van der Waals surface area contributed by atoms with E-state index in [0.29, 0.717) is 12.2 Å². The summed E-state index contributed by atoms with van der Waals surface area (Å²) in [5.41, 5.74) is 8.65. The largest absolute Gasteiger partial charge is 0.369 e. The Morgan fingerprint density at radius 3 is 2.95 bits per heavy atom. The maximum atomic E-state index is 11.6. The molecule has 1 atom stereocenters. The number of rotatable bonds is 3. The molecule has 0 radical (unpaired) electrons. The van der Waals surface area contributed by atoms with Crippen LogP contribution in [0.5, 0.6) is 0 Å². The van der Waals surface area contributed by atoms with Crippen LogP contribution in [-0.2, 0) is 4.74 Å². The number of pyridine rings is 1. The molecular weight excluding hydrogens is 268 g/mol. The van der Waals surface area contributed by atoms with Gasteiger partial charge in [-0.05, 0) is 17.5 Å². The molecule has 4 N–H and O–H groups in total. The van der Waals surface area contributed by atoms with Crippen LogP contribution >= 0.6 is 0 Å². The number of hydrogen-bond acceptors (Lipinski definition) is 4. The molecule has 3 heterocycles. The minimum absolute atomic E-state index is 0.00927. The third kappa shape index (κ3) is 2.52. The van der Waals surface area contributed by atoms with E-state index in [-0.39, 0.29) is 12.0 Å². The molecule has 112 valence electrons. The smallest absolute Gasteiger partial charge is 0.250 e. The van der Waals surface area contributed by atoms with Crippen molar-refractivity contribution < 1.29 is 9.53 Å². The zero-order valence-electron chi connectivity index (χ0n) is 12.3. The first-order valence-electron chi connectivity index (χ1n) is 7.21. The van der Waals surface area contributed by atoms with Gasteiger partial charge in [-0.1, -0.05) is 13.8 Å². The van der Waals surface area contributed by atoms with Gasteiger partial charge < -0.3 is 20.8 Å². The fourth-order valence-electron chi connectivity index (χ4n) is 2.87. The lowest BCUT2D eigenvalue weighted by Crippen LogP contribution is -2.33. The number of carbonyl (C=O) groups is 1. The minimum atomic E-state index is -0.438. The Morgan fingerprint density at radius 1 is 1.52 bits per heavy atom. The van der Waals surface area contributed by atoms with Gasteiger partial charge in [0, 0.05) is 30.4 Å². The summed E-state index contributed by atoms with van der Waals surface area (Å²) in [6, 6.07) is 2.03. The second-order valence-electron chi connectivity index (χ2n) is 5.66. The molecule has 3 rings (SSSR count). The van der Waals surface area contributed by atoms with Crippen molar-refractivity contribution in [3.05, 3.63) is 29.1 Å². The van der Waals surface area contributed by atoms with Crippen LogP contribution in [0.2, 0.25) is 0 Å². The van der Waals surface area contributed by atoms with Crippen molar-refractivity contribution in [3.8, 4) is 0 Å². The predicted octanol–water partition coefficient (Wildman–Crippen LogP) is 1.45. The number of fused-ring (bicyclic) bond motifs is 1. The van der Waals surface area contributed by atoms with E-state index in [2.05, 4.69) is 15.3 Å². The van der Waals surface area contributed by atoms with Crippen molar-refractivity contribution in [2.45, 2.75) is 25.9 Å². The molecule has 0 spiro atoms. The molecule has 6 heteroatoms. The van der Waals surface area contributed by atoms with E-state index in [0.717, 1.165) is 35.4 Å². The second kappa shape index (κ2) is 5.46. The SMILES string of the molecule is CC(C)c1c(C(N)=O)cnc2[nH]c([C@H]3CNCCO3)cc12. The van der Waals surface area contributed by atoms with Crippen molar-refractivity contribution >= 4 is 16.9 Å². The highest BCUT2D eigenvalue weighted by molar-refractivity contribution is 5.99. The van der Waals surface area contributed by atoms with Crippen LogP contribution < -0.4 is 11.1 Å². The van der Waals surface area contributed by atoms with Crippen molar-refractivity contribution in [3.63, 3.8) is 0 Å². The number of amides is 1. The van der Waals surface area contributed by atoms with Gasteiger partial charge in [0.15, 0.2) is 0 Å². The van der Waals surface area contributed by atoms with E-state index in [1.54, 1.807) is 6.20 Å². The van der Waals surface area contributed by atoms with Gasteiger partial charge in [0.25, 0.3) is 5.91 Å². The highest BCUT2D eigenvalue weighted by Crippen LogP contribution is 2.30. The number of aromatic amines is 1. The molecular formula is C15H20N4O2. The van der Waals surface area contributed by atoms with E-state index < -0.39 is 5.91 Å². The minimum Gasteiger partial charge on any atom is -0.369 e. The topological polar surface area (TPSA) is 93.0 Å². The van der Waals surface area contributed by atoms with Crippen molar-refractivity contribution in [1.82, 2.24) is 15.3 Å². The number of carbonyl (C=O) groups excluding carboxylic acids is 1. The molecule has 21 heavy (non-hydrogen) atoms. The Bertz CT molecular complexity index is 672.